The standard InChI is InChI=1S/C30H29N3O12/c31-21-7-1-18(2-8-21)25(34)15-44-30(39)45-24(13-40-26(35)16-42-28(37)19-3-9-22(32)10-4-19)14-41-27(36)17-43-29(38)20-5-11-23(33)12-6-20/h1-12,24H,13-17,31-33H2. The SMILES string of the molecule is Nc1ccc(C(=O)COC(=O)OC(COC(=O)COC(=O)c2ccc(N)cc2)COC(=O)COC(=O)c2ccc(N)cc2)cc1. The largest absolute Gasteiger partial charge is 0.509 e. The number of esters is 4. The summed E-state index contributed by atoms with van der Waals surface area (Å²) in [6.45, 7) is -3.62. The van der Waals surface area contributed by atoms with Gasteiger partial charge in [-0.25, -0.2) is 24.0 Å². The topological polar surface area (TPSA) is 236 Å². The molecule has 15 nitrogen and oxygen atoms in total. The van der Waals surface area contributed by atoms with Crippen molar-refractivity contribution < 1.29 is 57.2 Å². The Kier molecular flexibility index (Phi) is 12.2. The lowest BCUT2D eigenvalue weighted by Crippen LogP contribution is -2.33. The molecule has 6 N–H and O–H groups in total. The van der Waals surface area contributed by atoms with Crippen LogP contribution in [0.15, 0.2) is 72.8 Å². The monoisotopic (exact) mass is 623 g/mol. The second-order valence-electron chi connectivity index (χ2n) is 9.09. The number of ketones is 1. The molecule has 0 atom stereocenters. The fourth-order valence-electron chi connectivity index (χ4n) is 3.27. The van der Waals surface area contributed by atoms with Gasteiger partial charge < -0.3 is 45.6 Å². The Morgan fingerprint density at radius 1 is 0.489 bits per heavy atom. The van der Waals surface area contributed by atoms with Crippen molar-refractivity contribution in [3.8, 4) is 0 Å². The van der Waals surface area contributed by atoms with Gasteiger partial charge in [-0.2, -0.15) is 0 Å². The van der Waals surface area contributed by atoms with Gasteiger partial charge in [0.25, 0.3) is 0 Å². The second kappa shape index (κ2) is 16.5. The third kappa shape index (κ3) is 11.6. The number of rotatable bonds is 14. The van der Waals surface area contributed by atoms with E-state index in [1.165, 1.54) is 72.8 Å². The lowest BCUT2D eigenvalue weighted by Gasteiger charge is -2.18. The van der Waals surface area contributed by atoms with E-state index < -0.39 is 75.0 Å². The molecule has 15 heteroatoms. The first-order valence-electron chi connectivity index (χ1n) is 13.1. The molecule has 0 aliphatic carbocycles. The van der Waals surface area contributed by atoms with Crippen molar-refractivity contribution in [3.63, 3.8) is 0 Å². The van der Waals surface area contributed by atoms with Crippen LogP contribution in [0.2, 0.25) is 0 Å². The van der Waals surface area contributed by atoms with E-state index in [0.29, 0.717) is 17.1 Å². The van der Waals surface area contributed by atoms with E-state index in [4.69, 9.17) is 45.6 Å². The van der Waals surface area contributed by atoms with Crippen LogP contribution < -0.4 is 17.2 Å². The number of anilines is 3. The summed E-state index contributed by atoms with van der Waals surface area (Å²) < 4.78 is 29.6. The molecule has 0 aliphatic rings. The fourth-order valence-corrected chi connectivity index (χ4v) is 3.27. The highest BCUT2D eigenvalue weighted by atomic mass is 16.7. The quantitative estimate of drug-likeness (QED) is 0.101. The Morgan fingerprint density at radius 2 is 0.867 bits per heavy atom. The van der Waals surface area contributed by atoms with Crippen molar-refractivity contribution >= 4 is 52.9 Å². The number of nitrogens with two attached hydrogens (primary N) is 3. The summed E-state index contributed by atoms with van der Waals surface area (Å²) in [5.74, 6) is -4.26. The first-order valence-corrected chi connectivity index (χ1v) is 13.1. The van der Waals surface area contributed by atoms with Gasteiger partial charge in [0.15, 0.2) is 31.7 Å². The van der Waals surface area contributed by atoms with Gasteiger partial charge in [0.1, 0.15) is 13.2 Å². The van der Waals surface area contributed by atoms with E-state index in [-0.39, 0.29) is 16.7 Å². The fraction of sp³-hybridized carbons (Fsp3) is 0.200. The number of hydrogen-bond donors (Lipinski definition) is 3. The summed E-state index contributed by atoms with van der Waals surface area (Å²) in [6, 6.07) is 17.3. The average Bonchev–Trinajstić information content (AvgIpc) is 3.03. The highest BCUT2D eigenvalue weighted by molar-refractivity contribution is 5.98. The van der Waals surface area contributed by atoms with Gasteiger partial charge in [-0.3, -0.25) is 4.79 Å². The van der Waals surface area contributed by atoms with Crippen molar-refractivity contribution in [3.05, 3.63) is 89.5 Å². The molecule has 0 heterocycles. The van der Waals surface area contributed by atoms with Crippen molar-refractivity contribution in [2.24, 2.45) is 0 Å². The van der Waals surface area contributed by atoms with E-state index in [1.54, 1.807) is 0 Å². The summed E-state index contributed by atoms with van der Waals surface area (Å²) in [5.41, 5.74) is 18.5. The van der Waals surface area contributed by atoms with Crippen molar-refractivity contribution in [1.82, 2.24) is 0 Å². The van der Waals surface area contributed by atoms with Crippen LogP contribution in [0.25, 0.3) is 0 Å². The molecule has 0 bridgehead atoms. The zero-order valence-electron chi connectivity index (χ0n) is 23.7. The summed E-state index contributed by atoms with van der Waals surface area (Å²) in [6.07, 6.45) is -2.78. The maximum Gasteiger partial charge on any atom is 0.509 e. The molecule has 0 aliphatic heterocycles. The van der Waals surface area contributed by atoms with E-state index in [0.717, 1.165) is 0 Å². The third-order valence-electron chi connectivity index (χ3n) is 5.61. The molecular weight excluding hydrogens is 594 g/mol. The van der Waals surface area contributed by atoms with Gasteiger partial charge >= 0.3 is 30.0 Å². The Bertz CT molecular complexity index is 1430. The number of ether oxygens (including phenoxy) is 6. The van der Waals surface area contributed by atoms with Crippen LogP contribution in [0.1, 0.15) is 31.1 Å². The lowest BCUT2D eigenvalue weighted by molar-refractivity contribution is -0.157. The minimum atomic E-state index is -1.43. The number of nitrogen functional groups attached to an aromatic ring is 3. The van der Waals surface area contributed by atoms with Gasteiger partial charge in [0.05, 0.1) is 11.1 Å². The minimum absolute atomic E-state index is 0.137. The Balaban J connectivity index is 1.51. The molecular formula is C30H29N3O12. The molecule has 0 saturated carbocycles. The highest BCUT2D eigenvalue weighted by Gasteiger charge is 2.23. The van der Waals surface area contributed by atoms with Crippen LogP contribution >= 0.6 is 0 Å². The van der Waals surface area contributed by atoms with E-state index in [1.807, 2.05) is 0 Å². The van der Waals surface area contributed by atoms with Gasteiger partial charge in [0, 0.05) is 22.6 Å². The molecule has 0 amide bonds. The maximum absolute atomic E-state index is 12.3. The van der Waals surface area contributed by atoms with Crippen LogP contribution in [0.3, 0.4) is 0 Å². The Hall–Kier alpha value is -6.12. The number of Topliss-reactive ketones (excluding diaryl/α,β-unsaturated/α-hetero) is 1. The van der Waals surface area contributed by atoms with Crippen LogP contribution in [-0.4, -0.2) is 75.0 Å². The van der Waals surface area contributed by atoms with Gasteiger partial charge in [-0.15, -0.1) is 0 Å². The molecule has 0 saturated heterocycles. The Morgan fingerprint density at radius 3 is 1.27 bits per heavy atom. The molecule has 0 radical (unpaired) electrons. The van der Waals surface area contributed by atoms with Crippen LogP contribution in [0.5, 0.6) is 0 Å². The van der Waals surface area contributed by atoms with Gasteiger partial charge in [-0.05, 0) is 72.8 Å². The van der Waals surface area contributed by atoms with Crippen LogP contribution in [0.4, 0.5) is 21.9 Å². The number of hydrogen-bond acceptors (Lipinski definition) is 15. The first-order chi connectivity index (χ1) is 21.5. The maximum atomic E-state index is 12.3. The average molecular weight is 624 g/mol. The van der Waals surface area contributed by atoms with Crippen molar-refractivity contribution in [2.75, 3.05) is 50.2 Å². The normalized spacial score (nSPS) is 10.3. The first kappa shape index (κ1) is 33.4. The summed E-state index contributed by atoms with van der Waals surface area (Å²) in [7, 11) is 0. The highest BCUT2D eigenvalue weighted by Crippen LogP contribution is 2.10. The van der Waals surface area contributed by atoms with E-state index >= 15 is 0 Å². The summed E-state index contributed by atoms with van der Waals surface area (Å²) in [4.78, 5) is 73.1. The van der Waals surface area contributed by atoms with Crippen LogP contribution in [-0.2, 0) is 38.0 Å². The number of carbonyl (C=O) groups excluding carboxylic acids is 6. The predicted octanol–water partition coefficient (Wildman–Crippen LogP) is 1.94. The molecule has 45 heavy (non-hydrogen) atoms. The second-order valence-corrected chi connectivity index (χ2v) is 9.09. The van der Waals surface area contributed by atoms with E-state index in [2.05, 4.69) is 0 Å². The molecule has 3 aromatic rings. The van der Waals surface area contributed by atoms with Crippen molar-refractivity contribution in [1.29, 1.82) is 0 Å². The molecule has 236 valence electrons. The number of carbonyl (C=O) groups is 6. The zero-order valence-corrected chi connectivity index (χ0v) is 23.7. The summed E-state index contributed by atoms with van der Waals surface area (Å²) >= 11 is 0. The molecule has 3 rings (SSSR count). The minimum Gasteiger partial charge on any atom is -0.459 e. The summed E-state index contributed by atoms with van der Waals surface area (Å²) in [5, 5.41) is 0. The molecule has 3 aromatic carbocycles. The van der Waals surface area contributed by atoms with E-state index in [9.17, 15) is 28.8 Å². The zero-order chi connectivity index (χ0) is 32.8. The molecule has 0 spiro atoms. The van der Waals surface area contributed by atoms with Crippen molar-refractivity contribution in [2.45, 2.75) is 6.10 Å². The molecule has 0 aromatic heterocycles. The lowest BCUT2D eigenvalue weighted by atomic mass is 10.1. The Labute approximate surface area is 256 Å². The predicted molar refractivity (Wildman–Crippen MR) is 156 cm³/mol. The van der Waals surface area contributed by atoms with Gasteiger partial charge in [-0.1, -0.05) is 0 Å². The number of benzene rings is 3. The molecule has 0 unspecified atom stereocenters. The smallest absolute Gasteiger partial charge is 0.459 e. The van der Waals surface area contributed by atoms with Gasteiger partial charge in [0.2, 0.25) is 0 Å². The third-order valence-corrected chi connectivity index (χ3v) is 5.61. The molecule has 0 fully saturated rings. The van der Waals surface area contributed by atoms with Crippen LogP contribution in [0, 0.1) is 0 Å².